The third-order valence-corrected chi connectivity index (χ3v) is 8.43. The number of carbonyl (C=O) groups excluding carboxylic acids is 2. The van der Waals surface area contributed by atoms with Crippen molar-refractivity contribution in [3.63, 3.8) is 0 Å². The molecule has 0 spiro atoms. The highest BCUT2D eigenvalue weighted by Gasteiger charge is 2.29. The number of hydrogen-bond donors (Lipinski definition) is 4. The van der Waals surface area contributed by atoms with Crippen molar-refractivity contribution in [3.8, 4) is 0 Å². The Kier molecular flexibility index (Phi) is 12.2. The van der Waals surface area contributed by atoms with Crippen molar-refractivity contribution in [2.45, 2.75) is 77.7 Å². The van der Waals surface area contributed by atoms with Gasteiger partial charge in [-0.2, -0.15) is 0 Å². The number of pyridine rings is 2. The van der Waals surface area contributed by atoms with E-state index in [2.05, 4.69) is 34.4 Å². The molecule has 0 radical (unpaired) electrons. The lowest BCUT2D eigenvalue weighted by atomic mass is 9.76. The lowest BCUT2D eigenvalue weighted by Crippen LogP contribution is -2.35. The monoisotopic (exact) mass is 522 g/mol. The number of nitrogens with two attached hydrogens (primary N) is 2. The van der Waals surface area contributed by atoms with Crippen LogP contribution < -0.4 is 22.1 Å². The van der Waals surface area contributed by atoms with Crippen LogP contribution in [0.15, 0.2) is 49.1 Å². The lowest BCUT2D eigenvalue weighted by Gasteiger charge is -2.31. The first-order valence-corrected chi connectivity index (χ1v) is 14.3. The van der Waals surface area contributed by atoms with Gasteiger partial charge in [-0.25, -0.2) is 0 Å². The quantitative estimate of drug-likeness (QED) is 0.386. The molecule has 0 bridgehead atoms. The smallest absolute Gasteiger partial charge is 0.227 e. The summed E-state index contributed by atoms with van der Waals surface area (Å²) in [4.78, 5) is 32.2. The van der Waals surface area contributed by atoms with Gasteiger partial charge < -0.3 is 22.1 Å². The minimum atomic E-state index is 0.133. The average Bonchev–Trinajstić information content (AvgIpc) is 2.98. The van der Waals surface area contributed by atoms with Gasteiger partial charge in [0.25, 0.3) is 0 Å². The third-order valence-electron chi connectivity index (χ3n) is 8.43. The molecule has 8 nitrogen and oxygen atoms in total. The lowest BCUT2D eigenvalue weighted by molar-refractivity contribution is -0.121. The third kappa shape index (κ3) is 9.17. The summed E-state index contributed by atoms with van der Waals surface area (Å²) < 4.78 is 0. The van der Waals surface area contributed by atoms with E-state index in [1.807, 2.05) is 24.3 Å². The Morgan fingerprint density at radius 2 is 1.18 bits per heavy atom. The molecule has 2 aromatic heterocycles. The molecular formula is C30H46N6O2. The van der Waals surface area contributed by atoms with Crippen LogP contribution in [0.2, 0.25) is 0 Å². The Labute approximate surface area is 227 Å². The minimum absolute atomic E-state index is 0.133. The molecule has 8 heteroatoms. The van der Waals surface area contributed by atoms with Gasteiger partial charge in [-0.05, 0) is 106 Å². The normalized spacial score (nSPS) is 24.7. The number of rotatable bonds is 8. The van der Waals surface area contributed by atoms with Crippen LogP contribution >= 0.6 is 0 Å². The first kappa shape index (κ1) is 29.7. The highest BCUT2D eigenvalue weighted by Crippen LogP contribution is 2.34. The maximum absolute atomic E-state index is 12.2. The summed E-state index contributed by atoms with van der Waals surface area (Å²) in [5.74, 6) is 2.41. The standard InChI is InChI=1S/2C15H23N3O/c1-11(10-16)12-2-4-13(5-3-12)15(19)18-14-6-8-17-9-7-14;1-2-14(16)11-3-5-12(6-4-11)15(19)18-13-7-9-17-10-8-13/h6-9,11-13H,2-5,10,16H2,1H3,(H,17,18,19);7-12,14H,2-6,16H2,1H3,(H,17,18,19)/t11?,12-,13-;11-,12-,14?. The molecule has 0 aliphatic heterocycles. The number of nitrogens with zero attached hydrogens (tertiary/aromatic N) is 2. The van der Waals surface area contributed by atoms with Crippen molar-refractivity contribution in [1.29, 1.82) is 0 Å². The van der Waals surface area contributed by atoms with Gasteiger partial charge in [-0.3, -0.25) is 19.6 Å². The molecule has 208 valence electrons. The molecule has 2 heterocycles. The summed E-state index contributed by atoms with van der Waals surface area (Å²) in [5, 5.41) is 5.93. The van der Waals surface area contributed by atoms with E-state index in [4.69, 9.17) is 11.5 Å². The van der Waals surface area contributed by atoms with Crippen molar-refractivity contribution in [3.05, 3.63) is 49.1 Å². The van der Waals surface area contributed by atoms with Crippen molar-refractivity contribution in [2.24, 2.45) is 41.1 Å². The van der Waals surface area contributed by atoms with E-state index >= 15 is 0 Å². The fourth-order valence-corrected chi connectivity index (χ4v) is 5.64. The second-order valence-electron chi connectivity index (χ2n) is 11.0. The van der Waals surface area contributed by atoms with Crippen LogP contribution in [0.4, 0.5) is 11.4 Å². The van der Waals surface area contributed by atoms with E-state index < -0.39 is 0 Å². The Morgan fingerprint density at radius 1 is 0.789 bits per heavy atom. The first-order valence-electron chi connectivity index (χ1n) is 14.3. The summed E-state index contributed by atoms with van der Waals surface area (Å²) in [6.45, 7) is 5.09. The highest BCUT2D eigenvalue weighted by molar-refractivity contribution is 5.93. The van der Waals surface area contributed by atoms with Crippen molar-refractivity contribution in [2.75, 3.05) is 17.2 Å². The van der Waals surface area contributed by atoms with Gasteiger partial charge in [0.2, 0.25) is 11.8 Å². The summed E-state index contributed by atoms with van der Waals surface area (Å²) in [7, 11) is 0. The van der Waals surface area contributed by atoms with Crippen molar-refractivity contribution in [1.82, 2.24) is 9.97 Å². The molecule has 2 aliphatic carbocycles. The molecule has 0 saturated heterocycles. The Morgan fingerprint density at radius 3 is 1.55 bits per heavy atom. The Balaban J connectivity index is 0.000000211. The van der Waals surface area contributed by atoms with Gasteiger partial charge in [0.1, 0.15) is 0 Å². The summed E-state index contributed by atoms with van der Waals surface area (Å²) in [5.41, 5.74) is 13.5. The SMILES string of the molecule is CC(CN)[C@H]1CC[C@H](C(=O)Nc2ccncc2)CC1.CCC(N)[C@H]1CC[C@H](C(=O)Nc2ccncc2)CC1. The van der Waals surface area contributed by atoms with Crippen LogP contribution in [0.1, 0.15) is 71.6 Å². The van der Waals surface area contributed by atoms with Crippen molar-refractivity contribution < 1.29 is 9.59 Å². The van der Waals surface area contributed by atoms with E-state index in [9.17, 15) is 9.59 Å². The van der Waals surface area contributed by atoms with Crippen LogP contribution in [0.3, 0.4) is 0 Å². The zero-order valence-electron chi connectivity index (χ0n) is 23.0. The van der Waals surface area contributed by atoms with Crippen LogP contribution in [-0.2, 0) is 9.59 Å². The summed E-state index contributed by atoms with van der Waals surface area (Å²) >= 11 is 0. The molecule has 2 saturated carbocycles. The second-order valence-corrected chi connectivity index (χ2v) is 11.0. The molecule has 4 rings (SSSR count). The number of amides is 2. The zero-order valence-corrected chi connectivity index (χ0v) is 23.0. The number of hydrogen-bond acceptors (Lipinski definition) is 6. The Bertz CT molecular complexity index is 878. The van der Waals surface area contributed by atoms with Crippen molar-refractivity contribution >= 4 is 23.2 Å². The molecule has 6 N–H and O–H groups in total. The maximum atomic E-state index is 12.2. The zero-order chi connectivity index (χ0) is 27.3. The first-order chi connectivity index (χ1) is 18.4. The number of carbonyl (C=O) groups is 2. The molecular weight excluding hydrogens is 476 g/mol. The second kappa shape index (κ2) is 15.5. The van der Waals surface area contributed by atoms with Gasteiger partial charge in [0.15, 0.2) is 0 Å². The molecule has 2 fully saturated rings. The predicted octanol–water partition coefficient (Wildman–Crippen LogP) is 4.99. The van der Waals surface area contributed by atoms with Gasteiger partial charge in [-0.15, -0.1) is 0 Å². The number of anilines is 2. The minimum Gasteiger partial charge on any atom is -0.330 e. The largest absolute Gasteiger partial charge is 0.330 e. The van der Waals surface area contributed by atoms with Gasteiger partial charge >= 0.3 is 0 Å². The van der Waals surface area contributed by atoms with E-state index in [0.717, 1.165) is 75.7 Å². The molecule has 2 aliphatic rings. The molecule has 2 atom stereocenters. The maximum Gasteiger partial charge on any atom is 0.227 e. The average molecular weight is 523 g/mol. The fourth-order valence-electron chi connectivity index (χ4n) is 5.64. The van der Waals surface area contributed by atoms with E-state index in [1.165, 1.54) is 0 Å². The summed E-state index contributed by atoms with van der Waals surface area (Å²) in [6.07, 6.45) is 16.0. The molecule has 2 aromatic rings. The molecule has 2 unspecified atom stereocenters. The van der Waals surface area contributed by atoms with E-state index in [-0.39, 0.29) is 23.7 Å². The predicted molar refractivity (Wildman–Crippen MR) is 153 cm³/mol. The number of aromatic nitrogens is 2. The van der Waals surface area contributed by atoms with E-state index in [1.54, 1.807) is 24.8 Å². The molecule has 0 aromatic carbocycles. The van der Waals surface area contributed by atoms with Crippen LogP contribution in [0, 0.1) is 29.6 Å². The summed E-state index contributed by atoms with van der Waals surface area (Å²) in [6, 6.07) is 7.57. The van der Waals surface area contributed by atoms with E-state index in [0.29, 0.717) is 23.8 Å². The van der Waals surface area contributed by atoms with Gasteiger partial charge in [0, 0.05) is 54.0 Å². The molecule has 2 amide bonds. The Hall–Kier alpha value is -2.84. The van der Waals surface area contributed by atoms with Crippen LogP contribution in [0.25, 0.3) is 0 Å². The van der Waals surface area contributed by atoms with Crippen LogP contribution in [0.5, 0.6) is 0 Å². The molecule has 38 heavy (non-hydrogen) atoms. The topological polar surface area (TPSA) is 136 Å². The fraction of sp³-hybridized carbons (Fsp3) is 0.600. The number of nitrogens with one attached hydrogen (secondary N) is 2. The highest BCUT2D eigenvalue weighted by atomic mass is 16.2. The van der Waals surface area contributed by atoms with Gasteiger partial charge in [-0.1, -0.05) is 13.8 Å². The van der Waals surface area contributed by atoms with Gasteiger partial charge in [0.05, 0.1) is 0 Å². The van der Waals surface area contributed by atoms with Crippen LogP contribution in [-0.4, -0.2) is 34.4 Å².